The molecule has 0 spiro atoms. The summed E-state index contributed by atoms with van der Waals surface area (Å²) in [7, 11) is 4.79. The van der Waals surface area contributed by atoms with Crippen LogP contribution in [0.2, 0.25) is 0 Å². The lowest BCUT2D eigenvalue weighted by atomic mass is 9.81. The predicted molar refractivity (Wildman–Crippen MR) is 253 cm³/mol. The van der Waals surface area contributed by atoms with Gasteiger partial charge < -0.3 is 62.9 Å². The van der Waals surface area contributed by atoms with Crippen molar-refractivity contribution < 1.29 is 72.4 Å². The van der Waals surface area contributed by atoms with E-state index in [2.05, 4.69) is 0 Å². The molecule has 0 aliphatic carbocycles. The number of allylic oxidation sites excluding steroid dienone is 1. The molecule has 0 radical (unpaired) electrons. The number of fused-ring (bicyclic) bond motifs is 11. The molecule has 1 aromatic carbocycles. The van der Waals surface area contributed by atoms with Crippen molar-refractivity contribution in [1.29, 1.82) is 0 Å². The van der Waals surface area contributed by atoms with Crippen LogP contribution in [0, 0.1) is 17.8 Å². The Kier molecular flexibility index (Phi) is 18.5. The summed E-state index contributed by atoms with van der Waals surface area (Å²) in [6.07, 6.45) is -10.1. The topological polar surface area (TPSA) is 255 Å². The number of methoxy groups -OCH3 is 1. The first-order valence-electron chi connectivity index (χ1n) is 24.6. The smallest absolute Gasteiger partial charge is 0.352 e. The number of nitrogens with zero attached hydrogens (tertiary/aromatic N) is 4. The fourth-order valence-corrected chi connectivity index (χ4v) is 10.7. The number of ether oxygens (including phenoxy) is 8. The Labute approximate surface area is 413 Å². The van der Waals surface area contributed by atoms with Gasteiger partial charge in [0.1, 0.15) is 42.4 Å². The van der Waals surface area contributed by atoms with Crippen LogP contribution in [0.3, 0.4) is 0 Å². The quantitative estimate of drug-likeness (QED) is 0.113. The number of aldehydes is 1. The van der Waals surface area contributed by atoms with E-state index in [1.54, 1.807) is 96.1 Å². The predicted octanol–water partition coefficient (Wildman–Crippen LogP) is 2.37. The zero-order valence-corrected chi connectivity index (χ0v) is 42.6. The number of esters is 3. The average molecular weight is 1000 g/mol. The minimum atomic E-state index is -1.54. The lowest BCUT2D eigenvalue weighted by Crippen LogP contribution is -2.66. The molecule has 21 nitrogen and oxygen atoms in total. The van der Waals surface area contributed by atoms with Crippen molar-refractivity contribution in [3.63, 3.8) is 0 Å². The molecule has 71 heavy (non-hydrogen) atoms. The molecule has 21 heteroatoms. The zero-order valence-electron chi connectivity index (χ0n) is 42.6. The molecule has 6 heterocycles. The van der Waals surface area contributed by atoms with Gasteiger partial charge in [0.05, 0.1) is 54.6 Å². The number of carbonyl (C=O) groups excluding carboxylic acids is 4. The maximum absolute atomic E-state index is 14.4. The number of para-hydroxylation sites is 1. The molecular formula is C50H74N4O17. The number of aromatic nitrogens is 3. The van der Waals surface area contributed by atoms with Crippen LogP contribution in [0.1, 0.15) is 106 Å². The van der Waals surface area contributed by atoms with Crippen molar-refractivity contribution >= 4 is 24.2 Å². The van der Waals surface area contributed by atoms with Crippen LogP contribution in [-0.4, -0.2) is 165 Å². The number of hydrogen-bond donors (Lipinski definition) is 3. The highest BCUT2D eigenvalue weighted by molar-refractivity contribution is 5.72. The minimum Gasteiger partial charge on any atom is -0.462 e. The Morgan fingerprint density at radius 1 is 0.901 bits per heavy atom. The van der Waals surface area contributed by atoms with Crippen LogP contribution < -0.4 is 11.4 Å². The first kappa shape index (κ1) is 55.7. The first-order chi connectivity index (χ1) is 33.5. The fraction of sp³-hybridized carbons (Fsp3) is 0.720. The number of carbonyl (C=O) groups is 4. The van der Waals surface area contributed by atoms with Gasteiger partial charge in [0.25, 0.3) is 0 Å². The summed E-state index contributed by atoms with van der Waals surface area (Å²) in [5.74, 6) is -3.59. The maximum Gasteiger partial charge on any atom is 0.352 e. The van der Waals surface area contributed by atoms with Crippen LogP contribution in [0.15, 0.2) is 52.1 Å². The van der Waals surface area contributed by atoms with E-state index in [0.717, 1.165) is 4.57 Å². The van der Waals surface area contributed by atoms with E-state index < -0.39 is 145 Å². The average Bonchev–Trinajstić information content (AvgIpc) is 3.54. The third-order valence-corrected chi connectivity index (χ3v) is 14.0. The molecule has 5 aliphatic heterocycles. The van der Waals surface area contributed by atoms with Crippen molar-refractivity contribution in [2.75, 3.05) is 21.2 Å². The highest BCUT2D eigenvalue weighted by atomic mass is 16.7. The Balaban J connectivity index is 1.34. The molecule has 0 saturated carbocycles. The van der Waals surface area contributed by atoms with Crippen LogP contribution in [0.25, 0.3) is 5.69 Å². The first-order valence-corrected chi connectivity index (χ1v) is 24.6. The Morgan fingerprint density at radius 3 is 2.18 bits per heavy atom. The van der Waals surface area contributed by atoms with Gasteiger partial charge in [-0.3, -0.25) is 14.4 Å². The molecular weight excluding hydrogens is 929 g/mol. The van der Waals surface area contributed by atoms with E-state index in [9.17, 15) is 44.1 Å². The van der Waals surface area contributed by atoms with Gasteiger partial charge in [-0.25, -0.2) is 23.5 Å². The second kappa shape index (κ2) is 23.5. The summed E-state index contributed by atoms with van der Waals surface area (Å²) in [6, 6.07) is 5.53. The number of likely N-dealkylation sites (N-methyl/N-ethyl adjacent to an activating group) is 1. The van der Waals surface area contributed by atoms with Crippen molar-refractivity contribution in [2.45, 2.75) is 191 Å². The Bertz CT molecular complexity index is 2290. The molecule has 1 aromatic heterocycles. The largest absolute Gasteiger partial charge is 0.462 e. The normalized spacial score (nSPS) is 37.1. The van der Waals surface area contributed by atoms with Gasteiger partial charge in [0.2, 0.25) is 0 Å². The monoisotopic (exact) mass is 1000 g/mol. The van der Waals surface area contributed by atoms with Crippen LogP contribution in [0.4, 0.5) is 0 Å². The van der Waals surface area contributed by atoms with E-state index >= 15 is 0 Å². The summed E-state index contributed by atoms with van der Waals surface area (Å²) in [5.41, 5.74) is -2.67. The number of aliphatic hydroxyl groups is 3. The zero-order chi connectivity index (χ0) is 52.2. The molecule has 2 bridgehead atoms. The fourth-order valence-electron chi connectivity index (χ4n) is 10.7. The van der Waals surface area contributed by atoms with Crippen LogP contribution in [0.5, 0.6) is 0 Å². The molecule has 3 N–H and O–H groups in total. The van der Waals surface area contributed by atoms with E-state index in [4.69, 9.17) is 37.9 Å². The number of hydrogen-bond acceptors (Lipinski definition) is 18. The second-order valence-corrected chi connectivity index (χ2v) is 20.5. The SMILES string of the molecule is CO[C@@H]1[C@@H](O[C@@H]2O[C@H](C)[C@@H](O[C@H]3C[C@@](C)(O)[C@@H](OC(=O)CC(C)C)[C@H](C)O3)[C@H](N(C)C)[C@H]2O)[C@@H](C)C[C@@H](CC=O)[C@@H](O)C2C=CC(C[C@@H](C)OC(=O)C[C@H]1OC(C)=O)n1c(=O)n(-c3ccccc3)c(=O)n12. The van der Waals surface area contributed by atoms with Crippen LogP contribution >= 0.6 is 0 Å². The van der Waals surface area contributed by atoms with Gasteiger partial charge in [-0.15, -0.1) is 0 Å². The third kappa shape index (κ3) is 12.6. The molecule has 2 unspecified atom stereocenters. The highest BCUT2D eigenvalue weighted by Crippen LogP contribution is 2.39. The molecule has 7 rings (SSSR count). The molecule has 2 aromatic rings. The summed E-state index contributed by atoms with van der Waals surface area (Å²) in [4.78, 5) is 82.1. The Morgan fingerprint density at radius 2 is 1.58 bits per heavy atom. The van der Waals surface area contributed by atoms with Gasteiger partial charge >= 0.3 is 29.3 Å². The van der Waals surface area contributed by atoms with Crippen LogP contribution in [-0.2, 0) is 57.1 Å². The number of rotatable bonds is 13. The number of benzene rings is 1. The maximum atomic E-state index is 14.4. The van der Waals surface area contributed by atoms with Gasteiger partial charge in [-0.05, 0) is 78.1 Å². The molecule has 18 atom stereocenters. The lowest BCUT2D eigenvalue weighted by Gasteiger charge is -2.50. The molecule has 2 saturated heterocycles. The standard InChI is InChI=1S/C50H74N4O17/c1-26(2)21-37(57)69-46-30(6)66-39(25-50(46,8)63)70-44-29(5)67-47(42(60)40(44)51(9)10)71-43-27(3)22-32(19-20-55)41(59)35-18-17-34(23-28(4)65-38(58)24-36(45(43)64-11)68-31(7)56)53-48(61)52(49(62)54(35)53)33-15-13-12-14-16-33/h12-18,20,26-30,32,34-36,39-47,59-60,63H,19,21-25H2,1-11H3/t27-,28+,29+,30-,32+,34?,35?,36+,39-,40+,41+,42+,43-,44+,45-,46-,47-,50+/m0/s1. The minimum absolute atomic E-state index is 0.00301. The van der Waals surface area contributed by atoms with Gasteiger partial charge in [-0.2, -0.15) is 0 Å². The van der Waals surface area contributed by atoms with Gasteiger partial charge in [-0.1, -0.05) is 51.1 Å². The van der Waals surface area contributed by atoms with E-state index in [1.165, 1.54) is 23.4 Å². The highest BCUT2D eigenvalue weighted by Gasteiger charge is 2.53. The third-order valence-electron chi connectivity index (χ3n) is 14.0. The summed E-state index contributed by atoms with van der Waals surface area (Å²) >= 11 is 0. The van der Waals surface area contributed by atoms with Crippen molar-refractivity contribution in [3.8, 4) is 5.69 Å². The molecule has 2 fully saturated rings. The Hall–Kier alpha value is -4.58. The van der Waals surface area contributed by atoms with E-state index in [-0.39, 0.29) is 38.0 Å². The number of aliphatic hydroxyl groups excluding tert-OH is 2. The summed E-state index contributed by atoms with van der Waals surface area (Å²) < 4.78 is 52.7. The van der Waals surface area contributed by atoms with Crippen molar-refractivity contribution in [2.24, 2.45) is 17.8 Å². The van der Waals surface area contributed by atoms with E-state index in [0.29, 0.717) is 12.0 Å². The molecule has 0 amide bonds. The van der Waals surface area contributed by atoms with Gasteiger partial charge in [0.15, 0.2) is 18.7 Å². The summed E-state index contributed by atoms with van der Waals surface area (Å²) in [5, 5.41) is 36.2. The second-order valence-electron chi connectivity index (χ2n) is 20.5. The van der Waals surface area contributed by atoms with Crippen molar-refractivity contribution in [1.82, 2.24) is 18.8 Å². The van der Waals surface area contributed by atoms with Crippen molar-refractivity contribution in [3.05, 3.63) is 63.5 Å². The summed E-state index contributed by atoms with van der Waals surface area (Å²) in [6.45, 7) is 13.2. The molecule has 5 aliphatic rings. The lowest BCUT2D eigenvalue weighted by molar-refractivity contribution is -0.344. The van der Waals surface area contributed by atoms with E-state index in [1.807, 2.05) is 13.8 Å². The van der Waals surface area contributed by atoms with Gasteiger partial charge in [0, 0.05) is 39.7 Å². The molecule has 396 valence electrons.